The lowest BCUT2D eigenvalue weighted by atomic mass is 10.2. The van der Waals surface area contributed by atoms with Crippen LogP contribution in [0.2, 0.25) is 0 Å². The molecule has 4 aromatic rings. The largest absolute Gasteiger partial charge is 0.457 e. The second kappa shape index (κ2) is 8.38. The number of thiazole rings is 1. The Balaban J connectivity index is 1.35. The highest BCUT2D eigenvalue weighted by Crippen LogP contribution is 2.26. The number of hydrogen-bond acceptors (Lipinski definition) is 5. The molecule has 0 radical (unpaired) electrons. The maximum Gasteiger partial charge on any atom is 0.250 e. The summed E-state index contributed by atoms with van der Waals surface area (Å²) in [6.07, 6.45) is 2.98. The minimum absolute atomic E-state index is 0.194. The van der Waals surface area contributed by atoms with Crippen LogP contribution in [-0.4, -0.2) is 16.0 Å². The van der Waals surface area contributed by atoms with Gasteiger partial charge in [0.1, 0.15) is 11.5 Å². The molecule has 0 spiro atoms. The lowest BCUT2D eigenvalue weighted by Gasteiger charge is -2.04. The van der Waals surface area contributed by atoms with Crippen molar-refractivity contribution in [2.45, 2.75) is 6.92 Å². The number of carbonyl (C=O) groups is 1. The van der Waals surface area contributed by atoms with E-state index >= 15 is 0 Å². The van der Waals surface area contributed by atoms with E-state index in [0.29, 0.717) is 10.9 Å². The van der Waals surface area contributed by atoms with Gasteiger partial charge in [0.15, 0.2) is 10.2 Å². The maximum absolute atomic E-state index is 12.1. The van der Waals surface area contributed by atoms with Crippen molar-refractivity contribution in [3.8, 4) is 11.3 Å². The van der Waals surface area contributed by atoms with Gasteiger partial charge in [-0.05, 0) is 55.0 Å². The number of anilines is 1. The van der Waals surface area contributed by atoms with Crippen LogP contribution in [-0.2, 0) is 4.79 Å². The average Bonchev–Trinajstić information content (AvgIpc) is 3.33. The van der Waals surface area contributed by atoms with Gasteiger partial charge in [0.25, 0.3) is 0 Å². The van der Waals surface area contributed by atoms with E-state index in [1.54, 1.807) is 6.08 Å². The molecule has 0 aliphatic rings. The van der Waals surface area contributed by atoms with Crippen LogP contribution in [0.5, 0.6) is 0 Å². The monoisotopic (exact) mass is 419 g/mol. The third-order valence-corrected chi connectivity index (χ3v) is 5.22. The number of thiocarbonyl (C=S) groups is 1. The normalized spacial score (nSPS) is 11.1. The highest BCUT2D eigenvalue weighted by Gasteiger charge is 2.08. The second-order valence-electron chi connectivity index (χ2n) is 6.33. The van der Waals surface area contributed by atoms with E-state index in [4.69, 9.17) is 16.6 Å². The van der Waals surface area contributed by atoms with E-state index in [9.17, 15) is 4.79 Å². The van der Waals surface area contributed by atoms with Crippen molar-refractivity contribution in [3.05, 3.63) is 78.1 Å². The SMILES string of the molecule is Cc1ccc2nc(NC(=S)NC(=O)/C=C/c3ccc(-c4ccccc4)o3)sc2c1. The zero-order valence-corrected chi connectivity index (χ0v) is 17.1. The molecule has 0 aliphatic heterocycles. The van der Waals surface area contributed by atoms with Crippen molar-refractivity contribution in [2.75, 3.05) is 5.32 Å². The summed E-state index contributed by atoms with van der Waals surface area (Å²) in [4.78, 5) is 16.6. The minimum atomic E-state index is -0.350. The van der Waals surface area contributed by atoms with Crippen LogP contribution < -0.4 is 10.6 Å². The molecule has 0 atom stereocenters. The Morgan fingerprint density at radius 2 is 1.97 bits per heavy atom. The van der Waals surface area contributed by atoms with Gasteiger partial charge in [-0.2, -0.15) is 0 Å². The number of furan rings is 1. The van der Waals surface area contributed by atoms with E-state index in [1.807, 2.05) is 61.5 Å². The van der Waals surface area contributed by atoms with Crippen LogP contribution in [0.4, 0.5) is 5.13 Å². The van der Waals surface area contributed by atoms with Gasteiger partial charge in [0, 0.05) is 11.6 Å². The van der Waals surface area contributed by atoms with Crippen LogP contribution in [0.25, 0.3) is 27.6 Å². The summed E-state index contributed by atoms with van der Waals surface area (Å²) in [5.41, 5.74) is 3.04. The van der Waals surface area contributed by atoms with E-state index in [-0.39, 0.29) is 11.0 Å². The quantitative estimate of drug-likeness (QED) is 0.343. The molecule has 2 aromatic heterocycles. The zero-order valence-electron chi connectivity index (χ0n) is 15.5. The molecular weight excluding hydrogens is 402 g/mol. The number of hydrogen-bond donors (Lipinski definition) is 2. The lowest BCUT2D eigenvalue weighted by molar-refractivity contribution is -0.115. The van der Waals surface area contributed by atoms with Gasteiger partial charge in [-0.15, -0.1) is 0 Å². The second-order valence-corrected chi connectivity index (χ2v) is 7.77. The third-order valence-electron chi connectivity index (χ3n) is 4.09. The van der Waals surface area contributed by atoms with Gasteiger partial charge in [-0.3, -0.25) is 10.1 Å². The van der Waals surface area contributed by atoms with E-state index in [1.165, 1.54) is 23.0 Å². The zero-order chi connectivity index (χ0) is 20.2. The fraction of sp³-hybridized carbons (Fsp3) is 0.0455. The van der Waals surface area contributed by atoms with Crippen LogP contribution in [0.1, 0.15) is 11.3 Å². The number of aryl methyl sites for hydroxylation is 1. The minimum Gasteiger partial charge on any atom is -0.457 e. The van der Waals surface area contributed by atoms with Crippen molar-refractivity contribution in [3.63, 3.8) is 0 Å². The van der Waals surface area contributed by atoms with Crippen molar-refractivity contribution in [1.82, 2.24) is 10.3 Å². The standard InChI is InChI=1S/C22H17N3O2S2/c1-14-7-10-17-19(13-14)29-22(23-17)25-21(28)24-20(26)12-9-16-8-11-18(27-16)15-5-3-2-4-6-15/h2-13H,1H3,(H2,23,24,25,26,28)/b12-9+. The molecule has 1 amide bonds. The number of rotatable bonds is 4. The maximum atomic E-state index is 12.1. The van der Waals surface area contributed by atoms with E-state index < -0.39 is 0 Å². The van der Waals surface area contributed by atoms with Gasteiger partial charge in [-0.1, -0.05) is 47.7 Å². The number of carbonyl (C=O) groups excluding carboxylic acids is 1. The molecule has 0 unspecified atom stereocenters. The number of amides is 1. The topological polar surface area (TPSA) is 67.2 Å². The molecule has 2 heterocycles. The Bertz CT molecular complexity index is 1210. The number of nitrogens with one attached hydrogen (secondary N) is 2. The summed E-state index contributed by atoms with van der Waals surface area (Å²) in [5, 5.41) is 6.40. The van der Waals surface area contributed by atoms with Gasteiger partial charge >= 0.3 is 0 Å². The fourth-order valence-corrected chi connectivity index (χ4v) is 3.96. The number of aromatic nitrogens is 1. The smallest absolute Gasteiger partial charge is 0.250 e. The first kappa shape index (κ1) is 19.0. The van der Waals surface area contributed by atoms with Crippen LogP contribution in [0.15, 0.2) is 71.2 Å². The van der Waals surface area contributed by atoms with Gasteiger partial charge in [0.2, 0.25) is 5.91 Å². The Labute approximate surface area is 177 Å². The Hall–Kier alpha value is -3.29. The van der Waals surface area contributed by atoms with Crippen molar-refractivity contribution < 1.29 is 9.21 Å². The summed E-state index contributed by atoms with van der Waals surface area (Å²) >= 11 is 6.69. The summed E-state index contributed by atoms with van der Waals surface area (Å²) in [6.45, 7) is 2.03. The summed E-state index contributed by atoms with van der Waals surface area (Å²) in [6, 6.07) is 19.5. The summed E-state index contributed by atoms with van der Waals surface area (Å²) in [5.74, 6) is 0.977. The number of nitrogens with zero attached hydrogens (tertiary/aromatic N) is 1. The summed E-state index contributed by atoms with van der Waals surface area (Å²) in [7, 11) is 0. The first-order valence-electron chi connectivity index (χ1n) is 8.89. The highest BCUT2D eigenvalue weighted by molar-refractivity contribution is 7.80. The molecule has 0 fully saturated rings. The molecule has 5 nitrogen and oxygen atoms in total. The van der Waals surface area contributed by atoms with Crippen molar-refractivity contribution >= 4 is 56.0 Å². The molecular formula is C22H17N3O2S2. The van der Waals surface area contributed by atoms with Crippen LogP contribution in [0, 0.1) is 6.92 Å². The number of fused-ring (bicyclic) bond motifs is 1. The molecule has 7 heteroatoms. The van der Waals surface area contributed by atoms with Crippen LogP contribution >= 0.6 is 23.6 Å². The molecule has 2 N–H and O–H groups in total. The van der Waals surface area contributed by atoms with Crippen molar-refractivity contribution in [2.24, 2.45) is 0 Å². The molecule has 0 aliphatic carbocycles. The van der Waals surface area contributed by atoms with Crippen LogP contribution in [0.3, 0.4) is 0 Å². The first-order valence-corrected chi connectivity index (χ1v) is 10.1. The Morgan fingerprint density at radius 1 is 1.14 bits per heavy atom. The van der Waals surface area contributed by atoms with E-state index in [2.05, 4.69) is 21.7 Å². The predicted octanol–water partition coefficient (Wildman–Crippen LogP) is 5.39. The lowest BCUT2D eigenvalue weighted by Crippen LogP contribution is -2.32. The molecule has 0 saturated carbocycles. The molecule has 29 heavy (non-hydrogen) atoms. The number of benzene rings is 2. The Morgan fingerprint density at radius 3 is 2.79 bits per heavy atom. The molecule has 0 saturated heterocycles. The third kappa shape index (κ3) is 4.77. The molecule has 4 rings (SSSR count). The Kier molecular flexibility index (Phi) is 5.50. The van der Waals surface area contributed by atoms with Crippen molar-refractivity contribution in [1.29, 1.82) is 0 Å². The predicted molar refractivity (Wildman–Crippen MR) is 122 cm³/mol. The first-order chi connectivity index (χ1) is 14.1. The average molecular weight is 420 g/mol. The summed E-state index contributed by atoms with van der Waals surface area (Å²) < 4.78 is 6.80. The van der Waals surface area contributed by atoms with Gasteiger partial charge in [-0.25, -0.2) is 4.98 Å². The fourth-order valence-electron chi connectivity index (χ4n) is 2.73. The highest BCUT2D eigenvalue weighted by atomic mass is 32.1. The molecule has 2 aromatic carbocycles. The van der Waals surface area contributed by atoms with E-state index in [0.717, 1.165) is 21.5 Å². The van der Waals surface area contributed by atoms with Gasteiger partial charge in [0.05, 0.1) is 10.2 Å². The molecule has 0 bridgehead atoms. The van der Waals surface area contributed by atoms with Gasteiger partial charge < -0.3 is 9.73 Å². The molecule has 144 valence electrons.